The number of hydrogen-bond acceptors (Lipinski definition) is 1. The van der Waals surface area contributed by atoms with Crippen LogP contribution in [0.4, 0.5) is 4.79 Å². The van der Waals surface area contributed by atoms with Crippen molar-refractivity contribution in [3.05, 3.63) is 0 Å². The molecule has 0 bridgehead atoms. The molecule has 0 saturated heterocycles. The predicted octanol–water partition coefficient (Wildman–Crippen LogP) is 0.211. The third-order valence-electron chi connectivity index (χ3n) is 0. The Labute approximate surface area is 31.2 Å². The molecule has 0 saturated carbocycles. The van der Waals surface area contributed by atoms with Crippen molar-refractivity contribution in [1.82, 2.24) is 0 Å². The summed E-state index contributed by atoms with van der Waals surface area (Å²) < 4.78 is 0. The molecule has 0 aromatic carbocycles. The molecule has 0 unspecified atom stereocenters. The maximum atomic E-state index is 8.83. The third-order valence-corrected chi connectivity index (χ3v) is 0. The third kappa shape index (κ3) is 1370. The molecule has 1 N–H and O–H groups in total. The van der Waals surface area contributed by atoms with E-state index in [-0.39, 0.29) is 0 Å². The maximum absolute atomic E-state index is 8.83. The first-order chi connectivity index (χ1) is 1.73. The van der Waals surface area contributed by atoms with Gasteiger partial charge in [0, 0.05) is 0 Å². The molecule has 0 heterocycles. The van der Waals surface area contributed by atoms with Gasteiger partial charge in [0.15, 0.2) is 0 Å². The van der Waals surface area contributed by atoms with E-state index in [9.17, 15) is 0 Å². The van der Waals surface area contributed by atoms with Gasteiger partial charge >= 0.3 is 30.3 Å². The standard InChI is InChI=1S/CHO2.Ni/c2-1-3;/h(H,2,3);. The minimum atomic E-state index is -1.21. The molecule has 2 nitrogen and oxygen atoms in total. The van der Waals surface area contributed by atoms with Crippen LogP contribution in [0.3, 0.4) is 0 Å². The average molecular weight is 104 g/mol. The van der Waals surface area contributed by atoms with Gasteiger partial charge in [0.25, 0.3) is 0 Å². The molecule has 0 fully saturated rings. The van der Waals surface area contributed by atoms with Crippen LogP contribution in [-0.2, 0) is 15.5 Å². The molecule has 3 heteroatoms. The fourth-order valence-corrected chi connectivity index (χ4v) is 0. The van der Waals surface area contributed by atoms with E-state index in [0.717, 1.165) is 0 Å². The summed E-state index contributed by atoms with van der Waals surface area (Å²) in [5.41, 5.74) is 0. The van der Waals surface area contributed by atoms with Crippen LogP contribution in [0.1, 0.15) is 0 Å². The zero-order valence-corrected chi connectivity index (χ0v) is 2.66. The van der Waals surface area contributed by atoms with Gasteiger partial charge in [-0.05, 0) is 0 Å². The van der Waals surface area contributed by atoms with Gasteiger partial charge in [0.2, 0.25) is 0 Å². The zero-order valence-electron chi connectivity index (χ0n) is 1.67. The van der Waals surface area contributed by atoms with E-state index in [1.165, 1.54) is 0 Å². The Bertz CT molecular complexity index is 29.0. The Hall–Kier alpha value is -0.0365. The Morgan fingerprint density at radius 2 is 2.00 bits per heavy atom. The second kappa shape index (κ2) is 1.30. The van der Waals surface area contributed by atoms with Crippen molar-refractivity contribution in [2.24, 2.45) is 0 Å². The molecule has 0 spiro atoms. The van der Waals surface area contributed by atoms with Gasteiger partial charge in [0.05, 0.1) is 0 Å². The summed E-state index contributed by atoms with van der Waals surface area (Å²) in [5.74, 6) is 0. The van der Waals surface area contributed by atoms with Crippen LogP contribution in [0.5, 0.6) is 0 Å². The predicted molar refractivity (Wildman–Crippen MR) is 8.02 cm³/mol. The quantitative estimate of drug-likeness (QED) is 0.446. The van der Waals surface area contributed by atoms with Crippen LogP contribution in [-0.4, -0.2) is 10.0 Å². The molecular weight excluding hydrogens is 103 g/mol. The van der Waals surface area contributed by atoms with Crippen LogP contribution in [0.2, 0.25) is 0 Å². The van der Waals surface area contributed by atoms with Crippen LogP contribution >= 0.6 is 0 Å². The summed E-state index contributed by atoms with van der Waals surface area (Å²) in [6, 6.07) is 0. The summed E-state index contributed by atoms with van der Waals surface area (Å²) in [5, 5.41) is 7.25. The van der Waals surface area contributed by atoms with Crippen LogP contribution in [0, 0.1) is 0 Å². The minimum absolute atomic E-state index is 1.21. The van der Waals surface area contributed by atoms with Crippen molar-refractivity contribution in [3.63, 3.8) is 0 Å². The van der Waals surface area contributed by atoms with Gasteiger partial charge in [-0.2, -0.15) is 0 Å². The monoisotopic (exact) mass is 103 g/mol. The van der Waals surface area contributed by atoms with E-state index in [0.29, 0.717) is 0 Å². The van der Waals surface area contributed by atoms with Gasteiger partial charge in [0.1, 0.15) is 0 Å². The second-order valence-electron chi connectivity index (χ2n) is 0.227. The first-order valence-corrected chi connectivity index (χ1v) is 1.08. The summed E-state index contributed by atoms with van der Waals surface area (Å²) in [7, 11) is 0. The van der Waals surface area contributed by atoms with Crippen molar-refractivity contribution in [2.75, 3.05) is 0 Å². The van der Waals surface area contributed by atoms with Crippen LogP contribution < -0.4 is 0 Å². The van der Waals surface area contributed by atoms with E-state index in [2.05, 4.69) is 15.5 Å². The Morgan fingerprint density at radius 1 is 2.00 bits per heavy atom. The van der Waals surface area contributed by atoms with Crippen molar-refractivity contribution < 1.29 is 25.4 Å². The first-order valence-electron chi connectivity index (χ1n) is 0.586. The molecule has 0 aromatic heterocycles. The molecule has 27 valence electrons. The van der Waals surface area contributed by atoms with E-state index >= 15 is 0 Å². The first kappa shape index (κ1) is 3.96. The average Bonchev–Trinajstić information content (AvgIpc) is 0.811. The number of hydrogen-bond donors (Lipinski definition) is 1. The van der Waals surface area contributed by atoms with Gasteiger partial charge in [-0.3, -0.25) is 0 Å². The van der Waals surface area contributed by atoms with Crippen molar-refractivity contribution in [3.8, 4) is 0 Å². The van der Waals surface area contributed by atoms with Gasteiger partial charge in [-0.1, -0.05) is 0 Å². The van der Waals surface area contributed by atoms with E-state index in [4.69, 9.17) is 9.90 Å². The summed E-state index contributed by atoms with van der Waals surface area (Å²) in [4.78, 5) is 7.63. The topological polar surface area (TPSA) is 37.3 Å². The normalized spacial score (nSPS) is 6.50. The van der Waals surface area contributed by atoms with Gasteiger partial charge in [-0.15, -0.1) is 0 Å². The molecule has 4 heavy (non-hydrogen) atoms. The fraction of sp³-hybridized carbons (Fsp3) is 0. The van der Waals surface area contributed by atoms with Crippen LogP contribution in [0.25, 0.3) is 0 Å². The summed E-state index contributed by atoms with van der Waals surface area (Å²) >= 11 is 3.29. The van der Waals surface area contributed by atoms with Gasteiger partial charge in [-0.25, -0.2) is 0 Å². The van der Waals surface area contributed by atoms with E-state index < -0.39 is 4.94 Å². The second-order valence-corrected chi connectivity index (χ2v) is 0.649. The van der Waals surface area contributed by atoms with Crippen molar-refractivity contribution in [2.45, 2.75) is 0 Å². The van der Waals surface area contributed by atoms with Crippen molar-refractivity contribution >= 4 is 4.94 Å². The molecule has 0 radical (unpaired) electrons. The van der Waals surface area contributed by atoms with Gasteiger partial charge < -0.3 is 0 Å². The fourth-order valence-electron chi connectivity index (χ4n) is 0. The molecule has 0 aliphatic heterocycles. The Balaban J connectivity index is 2.80. The van der Waals surface area contributed by atoms with Crippen molar-refractivity contribution in [1.29, 1.82) is 0 Å². The molecule has 0 aromatic rings. The summed E-state index contributed by atoms with van der Waals surface area (Å²) in [6.45, 7) is 0. The van der Waals surface area contributed by atoms with E-state index in [1.807, 2.05) is 0 Å². The molecule has 0 aliphatic carbocycles. The van der Waals surface area contributed by atoms with E-state index in [1.54, 1.807) is 0 Å². The zero-order chi connectivity index (χ0) is 3.58. The number of carbonyl (C=O) groups is 1. The molecular formula is CHNiO2. The molecule has 0 amide bonds. The van der Waals surface area contributed by atoms with Crippen LogP contribution in [0.15, 0.2) is 0 Å². The molecule has 0 rings (SSSR count). The Morgan fingerprint density at radius 3 is 2.00 bits per heavy atom. The number of carboxylic acid groups (broad SMARTS) is 1. The molecule has 0 atom stereocenters. The Kier molecular flexibility index (Phi) is 1.29. The summed E-state index contributed by atoms with van der Waals surface area (Å²) in [6.07, 6.45) is 0. The molecule has 0 aliphatic rings. The SMILES string of the molecule is O=[C](O)[Ni]. The number of rotatable bonds is 0.